The van der Waals surface area contributed by atoms with Gasteiger partial charge in [-0.2, -0.15) is 0 Å². The van der Waals surface area contributed by atoms with E-state index in [9.17, 15) is 4.79 Å². The number of carbonyl (C=O) groups is 1. The van der Waals surface area contributed by atoms with Crippen LogP contribution < -0.4 is 11.1 Å². The van der Waals surface area contributed by atoms with Crippen molar-refractivity contribution < 1.29 is 4.79 Å². The van der Waals surface area contributed by atoms with E-state index in [-0.39, 0.29) is 5.91 Å². The average molecular weight is 288 g/mol. The molecule has 0 bridgehead atoms. The van der Waals surface area contributed by atoms with E-state index < -0.39 is 0 Å². The Morgan fingerprint density at radius 2 is 2.05 bits per heavy atom. The van der Waals surface area contributed by atoms with Gasteiger partial charge in [-0.1, -0.05) is 0 Å². The molecule has 0 unspecified atom stereocenters. The third-order valence-corrected chi connectivity index (χ3v) is 4.95. The SMILES string of the molecule is Cc1cc(N)ccc1NC(=O)c1cc2sccc2s1. The van der Waals surface area contributed by atoms with Crippen LogP contribution in [-0.4, -0.2) is 5.91 Å². The highest BCUT2D eigenvalue weighted by molar-refractivity contribution is 7.27. The van der Waals surface area contributed by atoms with Gasteiger partial charge in [0, 0.05) is 20.8 Å². The van der Waals surface area contributed by atoms with Crippen molar-refractivity contribution in [3.63, 3.8) is 0 Å². The second-order valence-electron chi connectivity index (χ2n) is 4.29. The van der Waals surface area contributed by atoms with Gasteiger partial charge < -0.3 is 11.1 Å². The van der Waals surface area contributed by atoms with Crippen LogP contribution >= 0.6 is 22.7 Å². The second-order valence-corrected chi connectivity index (χ2v) is 6.32. The molecule has 0 fully saturated rings. The summed E-state index contributed by atoms with van der Waals surface area (Å²) in [6.07, 6.45) is 0. The predicted molar refractivity (Wildman–Crippen MR) is 83.2 cm³/mol. The van der Waals surface area contributed by atoms with Crippen molar-refractivity contribution in [3.8, 4) is 0 Å². The van der Waals surface area contributed by atoms with Gasteiger partial charge in [-0.3, -0.25) is 4.79 Å². The van der Waals surface area contributed by atoms with Crippen LogP contribution in [0.3, 0.4) is 0 Å². The molecule has 5 heteroatoms. The maximum Gasteiger partial charge on any atom is 0.265 e. The molecule has 3 aromatic rings. The average Bonchev–Trinajstić information content (AvgIpc) is 2.93. The molecule has 0 aliphatic heterocycles. The van der Waals surface area contributed by atoms with Crippen LogP contribution in [0.4, 0.5) is 11.4 Å². The van der Waals surface area contributed by atoms with E-state index in [0.717, 1.165) is 25.5 Å². The van der Waals surface area contributed by atoms with E-state index in [1.54, 1.807) is 17.4 Å². The molecule has 3 N–H and O–H groups in total. The molecule has 0 atom stereocenters. The Morgan fingerprint density at radius 3 is 2.79 bits per heavy atom. The molecular weight excluding hydrogens is 276 g/mol. The Labute approximate surface area is 118 Å². The fraction of sp³-hybridized carbons (Fsp3) is 0.0714. The highest BCUT2D eigenvalue weighted by Crippen LogP contribution is 2.30. The Hall–Kier alpha value is -1.85. The minimum absolute atomic E-state index is 0.0683. The molecule has 0 aliphatic carbocycles. The maximum atomic E-state index is 12.2. The largest absolute Gasteiger partial charge is 0.399 e. The summed E-state index contributed by atoms with van der Waals surface area (Å²) < 4.78 is 2.31. The third kappa shape index (κ3) is 2.34. The molecule has 0 radical (unpaired) electrons. The second kappa shape index (κ2) is 4.68. The Balaban J connectivity index is 1.86. The molecule has 2 heterocycles. The molecule has 1 aromatic carbocycles. The molecule has 0 spiro atoms. The molecule has 3 nitrogen and oxygen atoms in total. The molecule has 0 saturated heterocycles. The van der Waals surface area contributed by atoms with Crippen LogP contribution in [-0.2, 0) is 0 Å². The van der Waals surface area contributed by atoms with Gasteiger partial charge in [0.25, 0.3) is 5.91 Å². The van der Waals surface area contributed by atoms with E-state index in [2.05, 4.69) is 5.32 Å². The quantitative estimate of drug-likeness (QED) is 0.697. The summed E-state index contributed by atoms with van der Waals surface area (Å²) in [5, 5.41) is 4.96. The number of nitrogen functional groups attached to an aromatic ring is 1. The van der Waals surface area contributed by atoms with Crippen molar-refractivity contribution >= 4 is 49.4 Å². The summed E-state index contributed by atoms with van der Waals surface area (Å²) in [6.45, 7) is 1.93. The maximum absolute atomic E-state index is 12.2. The molecular formula is C14H12N2OS2. The van der Waals surface area contributed by atoms with E-state index in [1.807, 2.05) is 36.6 Å². The van der Waals surface area contributed by atoms with E-state index in [0.29, 0.717) is 5.69 Å². The van der Waals surface area contributed by atoms with Crippen molar-refractivity contribution in [2.45, 2.75) is 6.92 Å². The van der Waals surface area contributed by atoms with Gasteiger partial charge in [0.1, 0.15) is 0 Å². The molecule has 0 aliphatic rings. The van der Waals surface area contributed by atoms with Gasteiger partial charge in [0.05, 0.1) is 4.88 Å². The van der Waals surface area contributed by atoms with Gasteiger partial charge >= 0.3 is 0 Å². The molecule has 0 saturated carbocycles. The third-order valence-electron chi connectivity index (χ3n) is 2.86. The number of benzene rings is 1. The smallest absolute Gasteiger partial charge is 0.265 e. The number of fused-ring (bicyclic) bond motifs is 1. The van der Waals surface area contributed by atoms with Gasteiger partial charge in [-0.15, -0.1) is 22.7 Å². The Bertz CT molecular complexity index is 729. The first-order valence-electron chi connectivity index (χ1n) is 5.78. The summed E-state index contributed by atoms with van der Waals surface area (Å²) in [5.74, 6) is -0.0683. The monoisotopic (exact) mass is 288 g/mol. The number of amides is 1. The fourth-order valence-corrected chi connectivity index (χ4v) is 3.89. The lowest BCUT2D eigenvalue weighted by atomic mass is 10.2. The summed E-state index contributed by atoms with van der Waals surface area (Å²) in [6, 6.07) is 9.44. The summed E-state index contributed by atoms with van der Waals surface area (Å²) in [5.41, 5.74) is 8.16. The predicted octanol–water partition coefficient (Wildman–Crippen LogP) is 4.11. The number of rotatable bonds is 2. The zero-order valence-electron chi connectivity index (χ0n) is 10.3. The standard InChI is InChI=1S/C14H12N2OS2/c1-8-6-9(15)2-3-10(8)16-14(17)13-7-12-11(19-13)4-5-18-12/h2-7H,15H2,1H3,(H,16,17). The summed E-state index contributed by atoms with van der Waals surface area (Å²) in [7, 11) is 0. The lowest BCUT2D eigenvalue weighted by Gasteiger charge is -2.07. The van der Waals surface area contributed by atoms with Crippen LogP contribution in [0.1, 0.15) is 15.2 Å². The molecule has 2 aromatic heterocycles. The number of carbonyl (C=O) groups excluding carboxylic acids is 1. The fourth-order valence-electron chi connectivity index (χ4n) is 1.89. The van der Waals surface area contributed by atoms with Crippen LogP contribution in [0.5, 0.6) is 0 Å². The minimum Gasteiger partial charge on any atom is -0.399 e. The van der Waals surface area contributed by atoms with Crippen LogP contribution in [0.25, 0.3) is 9.40 Å². The number of anilines is 2. The minimum atomic E-state index is -0.0683. The van der Waals surface area contributed by atoms with Crippen LogP contribution in [0.2, 0.25) is 0 Å². The molecule has 1 amide bonds. The lowest BCUT2D eigenvalue weighted by molar-refractivity contribution is 0.103. The topological polar surface area (TPSA) is 55.1 Å². The first kappa shape index (κ1) is 12.2. The van der Waals surface area contributed by atoms with Crippen molar-refractivity contribution in [3.05, 3.63) is 46.2 Å². The van der Waals surface area contributed by atoms with E-state index in [1.165, 1.54) is 11.3 Å². The summed E-state index contributed by atoms with van der Waals surface area (Å²) >= 11 is 3.16. The highest BCUT2D eigenvalue weighted by atomic mass is 32.1. The number of thiophene rings is 2. The number of hydrogen-bond donors (Lipinski definition) is 2. The normalized spacial score (nSPS) is 10.8. The van der Waals surface area contributed by atoms with Crippen molar-refractivity contribution in [2.75, 3.05) is 11.1 Å². The molecule has 19 heavy (non-hydrogen) atoms. The molecule has 96 valence electrons. The van der Waals surface area contributed by atoms with Gasteiger partial charge in [0.2, 0.25) is 0 Å². The first-order chi connectivity index (χ1) is 9.13. The van der Waals surface area contributed by atoms with Gasteiger partial charge in [0.15, 0.2) is 0 Å². The van der Waals surface area contributed by atoms with Gasteiger partial charge in [-0.25, -0.2) is 0 Å². The van der Waals surface area contributed by atoms with Crippen molar-refractivity contribution in [2.24, 2.45) is 0 Å². The zero-order valence-corrected chi connectivity index (χ0v) is 11.9. The number of hydrogen-bond acceptors (Lipinski definition) is 4. The van der Waals surface area contributed by atoms with E-state index in [4.69, 9.17) is 5.73 Å². The van der Waals surface area contributed by atoms with Crippen molar-refractivity contribution in [1.82, 2.24) is 0 Å². The first-order valence-corrected chi connectivity index (χ1v) is 7.47. The van der Waals surface area contributed by atoms with Crippen LogP contribution in [0.15, 0.2) is 35.7 Å². The molecule has 3 rings (SSSR count). The lowest BCUT2D eigenvalue weighted by Crippen LogP contribution is -2.11. The number of nitrogens with one attached hydrogen (secondary N) is 1. The summed E-state index contributed by atoms with van der Waals surface area (Å²) in [4.78, 5) is 12.9. The van der Waals surface area contributed by atoms with Gasteiger partial charge in [-0.05, 0) is 48.2 Å². The number of nitrogens with two attached hydrogens (primary N) is 1. The zero-order chi connectivity index (χ0) is 13.4. The van der Waals surface area contributed by atoms with Crippen molar-refractivity contribution in [1.29, 1.82) is 0 Å². The highest BCUT2D eigenvalue weighted by Gasteiger charge is 2.12. The van der Waals surface area contributed by atoms with Crippen LogP contribution in [0, 0.1) is 6.92 Å². The Morgan fingerprint density at radius 1 is 1.21 bits per heavy atom. The Kier molecular flexibility index (Phi) is 3.00. The van der Waals surface area contributed by atoms with E-state index >= 15 is 0 Å². The number of aryl methyl sites for hydroxylation is 1.